The van der Waals surface area contributed by atoms with E-state index >= 15 is 0 Å². The first-order valence-corrected chi connectivity index (χ1v) is 20.8. The predicted octanol–water partition coefficient (Wildman–Crippen LogP) is 12.6. The number of carbonyl (C=O) groups excluding carboxylic acids is 1. The van der Waals surface area contributed by atoms with Crippen LogP contribution in [-0.2, 0) is 19.0 Å². The van der Waals surface area contributed by atoms with Crippen LogP contribution in [0.4, 0.5) is 0 Å². The van der Waals surface area contributed by atoms with E-state index in [9.17, 15) is 14.7 Å². The third-order valence-corrected chi connectivity index (χ3v) is 9.67. The summed E-state index contributed by atoms with van der Waals surface area (Å²) < 4.78 is 19.8. The fourth-order valence-electron chi connectivity index (χ4n) is 6.55. The number of unbranched alkanes of at least 4 members (excludes halogenated alkanes) is 20. The number of carbonyl (C=O) groups is 2. The third-order valence-electron chi connectivity index (χ3n) is 9.67. The molecular formula is C42H77NO6. The quantitative estimate of drug-likeness (QED) is 0.0424. The van der Waals surface area contributed by atoms with Crippen molar-refractivity contribution >= 4 is 11.9 Å². The Morgan fingerprint density at radius 2 is 1.06 bits per heavy atom. The zero-order valence-corrected chi connectivity index (χ0v) is 32.2. The number of aromatic nitrogens is 1. The van der Waals surface area contributed by atoms with E-state index < -0.39 is 5.97 Å². The maximum Gasteiger partial charge on any atom is 0.352 e. The van der Waals surface area contributed by atoms with Crippen LogP contribution in [0.5, 0.6) is 0 Å². The summed E-state index contributed by atoms with van der Waals surface area (Å²) in [6.45, 7) is 8.52. The first-order chi connectivity index (χ1) is 24.0. The largest absolute Gasteiger partial charge is 0.477 e. The van der Waals surface area contributed by atoms with E-state index in [0.29, 0.717) is 25.1 Å². The van der Waals surface area contributed by atoms with Gasteiger partial charge >= 0.3 is 11.9 Å². The second-order valence-corrected chi connectivity index (χ2v) is 14.2. The van der Waals surface area contributed by atoms with E-state index in [1.165, 1.54) is 116 Å². The number of hydrogen-bond donors (Lipinski definition) is 1. The van der Waals surface area contributed by atoms with Crippen LogP contribution in [0.25, 0.3) is 0 Å². The molecule has 0 aliphatic carbocycles. The van der Waals surface area contributed by atoms with Crippen molar-refractivity contribution in [3.8, 4) is 0 Å². The van der Waals surface area contributed by atoms with Crippen LogP contribution >= 0.6 is 0 Å². The lowest BCUT2D eigenvalue weighted by atomic mass is 10.0. The van der Waals surface area contributed by atoms with Crippen LogP contribution in [0.1, 0.15) is 217 Å². The van der Waals surface area contributed by atoms with Crippen molar-refractivity contribution in [1.29, 1.82) is 0 Å². The van der Waals surface area contributed by atoms with E-state index in [1.807, 2.05) is 10.8 Å². The molecule has 0 fully saturated rings. The number of carboxylic acids is 1. The van der Waals surface area contributed by atoms with Crippen LogP contribution in [0, 0.1) is 0 Å². The molecule has 7 heteroatoms. The van der Waals surface area contributed by atoms with Crippen molar-refractivity contribution in [2.75, 3.05) is 19.8 Å². The SMILES string of the molecule is CCCCCCCCCCCCC(CCOC(=O)CCCCC(OCCCCCCCC)OCCCCCCCC)n1cccc1C(=O)O. The second kappa shape index (κ2) is 33.3. The van der Waals surface area contributed by atoms with Crippen molar-refractivity contribution in [3.63, 3.8) is 0 Å². The minimum Gasteiger partial charge on any atom is -0.477 e. The van der Waals surface area contributed by atoms with Gasteiger partial charge in [-0.15, -0.1) is 0 Å². The van der Waals surface area contributed by atoms with E-state index in [0.717, 1.165) is 64.6 Å². The summed E-state index contributed by atoms with van der Waals surface area (Å²) in [5.41, 5.74) is 0.301. The van der Waals surface area contributed by atoms with Gasteiger partial charge in [-0.1, -0.05) is 149 Å². The first kappa shape index (κ1) is 45.2. The molecule has 0 saturated carbocycles. The maximum atomic E-state index is 12.6. The van der Waals surface area contributed by atoms with Gasteiger partial charge in [-0.25, -0.2) is 4.79 Å². The molecule has 0 bridgehead atoms. The maximum absolute atomic E-state index is 12.6. The first-order valence-electron chi connectivity index (χ1n) is 20.8. The highest BCUT2D eigenvalue weighted by Gasteiger charge is 2.18. The van der Waals surface area contributed by atoms with Crippen molar-refractivity contribution in [2.24, 2.45) is 0 Å². The Morgan fingerprint density at radius 1 is 0.592 bits per heavy atom. The lowest BCUT2D eigenvalue weighted by Gasteiger charge is -2.21. The molecule has 1 atom stereocenters. The number of esters is 1. The molecule has 0 spiro atoms. The Kier molecular flexibility index (Phi) is 30.7. The molecule has 1 aromatic rings. The molecule has 0 aliphatic heterocycles. The van der Waals surface area contributed by atoms with Gasteiger partial charge in [0.15, 0.2) is 6.29 Å². The minimum absolute atomic E-state index is 0.0105. The lowest BCUT2D eigenvalue weighted by Crippen LogP contribution is -2.19. The molecule has 286 valence electrons. The summed E-state index contributed by atoms with van der Waals surface area (Å²) in [4.78, 5) is 24.5. The summed E-state index contributed by atoms with van der Waals surface area (Å²) in [5.74, 6) is -1.10. The highest BCUT2D eigenvalue weighted by molar-refractivity contribution is 5.85. The molecule has 0 saturated heterocycles. The van der Waals surface area contributed by atoms with Gasteiger partial charge in [-0.05, 0) is 50.7 Å². The highest BCUT2D eigenvalue weighted by Crippen LogP contribution is 2.24. The van der Waals surface area contributed by atoms with Gasteiger partial charge in [0.1, 0.15) is 5.69 Å². The number of carboxylic acid groups (broad SMARTS) is 1. The molecule has 1 rings (SSSR count). The van der Waals surface area contributed by atoms with Crippen molar-refractivity contribution in [1.82, 2.24) is 4.57 Å². The summed E-state index contributed by atoms with van der Waals surface area (Å²) >= 11 is 0. The minimum atomic E-state index is -0.916. The van der Waals surface area contributed by atoms with Crippen LogP contribution < -0.4 is 0 Å². The summed E-state index contributed by atoms with van der Waals surface area (Å²) in [7, 11) is 0. The standard InChI is InChI=1S/C42H77NO6/c1-4-7-10-13-16-17-18-19-20-23-29-38(43-34-28-30-39(43)42(45)46)33-37-47-40(44)31-24-25-32-41(48-35-26-21-14-11-8-5-2)49-36-27-22-15-12-9-6-3/h28,30,34,38,41H,4-27,29,31-33,35-37H2,1-3H3,(H,45,46). The Morgan fingerprint density at radius 3 is 1.57 bits per heavy atom. The van der Waals surface area contributed by atoms with Gasteiger partial charge in [-0.2, -0.15) is 0 Å². The van der Waals surface area contributed by atoms with Gasteiger partial charge in [0, 0.05) is 38.3 Å². The van der Waals surface area contributed by atoms with Crippen molar-refractivity contribution < 1.29 is 28.9 Å². The number of rotatable bonds is 37. The average Bonchev–Trinajstić information content (AvgIpc) is 3.59. The van der Waals surface area contributed by atoms with Crippen molar-refractivity contribution in [3.05, 3.63) is 24.0 Å². The van der Waals surface area contributed by atoms with Crippen LogP contribution in [0.3, 0.4) is 0 Å². The second-order valence-electron chi connectivity index (χ2n) is 14.2. The summed E-state index contributed by atoms with van der Waals surface area (Å²) in [6.07, 6.45) is 33.5. The average molecular weight is 692 g/mol. The van der Waals surface area contributed by atoms with E-state index in [4.69, 9.17) is 14.2 Å². The lowest BCUT2D eigenvalue weighted by molar-refractivity contribution is -0.150. The fourth-order valence-corrected chi connectivity index (χ4v) is 6.55. The number of aromatic carboxylic acids is 1. The van der Waals surface area contributed by atoms with Gasteiger partial charge < -0.3 is 23.9 Å². The molecule has 0 amide bonds. The molecule has 1 aromatic heterocycles. The monoisotopic (exact) mass is 692 g/mol. The third kappa shape index (κ3) is 25.7. The Hall–Kier alpha value is -1.86. The van der Waals surface area contributed by atoms with Gasteiger partial charge in [0.25, 0.3) is 0 Å². The number of ether oxygens (including phenoxy) is 3. The molecule has 7 nitrogen and oxygen atoms in total. The topological polar surface area (TPSA) is 87.0 Å². The van der Waals surface area contributed by atoms with Gasteiger partial charge in [0.2, 0.25) is 0 Å². The molecule has 0 aliphatic rings. The van der Waals surface area contributed by atoms with Crippen LogP contribution in [-0.4, -0.2) is 47.7 Å². The molecule has 1 heterocycles. The molecular weight excluding hydrogens is 614 g/mol. The van der Waals surface area contributed by atoms with Gasteiger partial charge in [0.05, 0.1) is 6.61 Å². The molecule has 1 unspecified atom stereocenters. The molecule has 1 N–H and O–H groups in total. The molecule has 49 heavy (non-hydrogen) atoms. The number of nitrogens with zero attached hydrogens (tertiary/aromatic N) is 1. The highest BCUT2D eigenvalue weighted by atomic mass is 16.7. The Bertz CT molecular complexity index is 868. The van der Waals surface area contributed by atoms with E-state index in [2.05, 4.69) is 20.8 Å². The zero-order chi connectivity index (χ0) is 35.6. The van der Waals surface area contributed by atoms with Gasteiger partial charge in [-0.3, -0.25) is 4.79 Å². The fraction of sp³-hybridized carbons (Fsp3) is 0.857. The van der Waals surface area contributed by atoms with Crippen molar-refractivity contribution in [2.45, 2.75) is 213 Å². The normalized spacial score (nSPS) is 12.2. The smallest absolute Gasteiger partial charge is 0.352 e. The molecule has 0 aromatic carbocycles. The van der Waals surface area contributed by atoms with Crippen LogP contribution in [0.2, 0.25) is 0 Å². The Labute approximate surface area is 301 Å². The zero-order valence-electron chi connectivity index (χ0n) is 32.2. The van der Waals surface area contributed by atoms with E-state index in [-0.39, 0.29) is 18.3 Å². The Balaban J connectivity index is 2.40. The predicted molar refractivity (Wildman–Crippen MR) is 203 cm³/mol. The van der Waals surface area contributed by atoms with Crippen LogP contribution in [0.15, 0.2) is 18.3 Å². The molecule has 0 radical (unpaired) electrons. The summed E-state index contributed by atoms with van der Waals surface area (Å²) in [6, 6.07) is 3.46. The summed E-state index contributed by atoms with van der Waals surface area (Å²) in [5, 5.41) is 9.70. The number of hydrogen-bond acceptors (Lipinski definition) is 5. The van der Waals surface area contributed by atoms with E-state index in [1.54, 1.807) is 12.1 Å².